The molecule has 1 aliphatic rings. The number of nitrogens with one attached hydrogen (secondary N) is 1. The van der Waals surface area contributed by atoms with Crippen molar-refractivity contribution in [3.8, 4) is 0 Å². The van der Waals surface area contributed by atoms with Gasteiger partial charge in [-0.25, -0.2) is 8.42 Å². The molecule has 3 atom stereocenters. The minimum Gasteiger partial charge on any atom is -0.316 e. The second-order valence-corrected chi connectivity index (χ2v) is 9.24. The average molecular weight is 323 g/mol. The molecule has 20 heavy (non-hydrogen) atoms. The van der Waals surface area contributed by atoms with Gasteiger partial charge in [0.1, 0.15) is 5.37 Å². The smallest absolute Gasteiger partial charge is 0.166 e. The van der Waals surface area contributed by atoms with Crippen LogP contribution in [0.5, 0.6) is 0 Å². The highest BCUT2D eigenvalue weighted by atomic mass is 32.2. The van der Waals surface area contributed by atoms with Crippen LogP contribution in [0.1, 0.15) is 34.1 Å². The molecule has 1 heterocycles. The van der Waals surface area contributed by atoms with Crippen LogP contribution in [0.4, 0.5) is 0 Å². The van der Waals surface area contributed by atoms with Gasteiger partial charge in [-0.2, -0.15) is 11.8 Å². The molecule has 3 unspecified atom stereocenters. The van der Waals surface area contributed by atoms with Crippen molar-refractivity contribution in [1.82, 2.24) is 10.2 Å². The van der Waals surface area contributed by atoms with E-state index in [0.717, 1.165) is 37.6 Å². The Morgan fingerprint density at radius 2 is 2.05 bits per heavy atom. The Morgan fingerprint density at radius 1 is 1.35 bits per heavy atom. The first kappa shape index (κ1) is 18.3. The van der Waals surface area contributed by atoms with Crippen LogP contribution in [-0.4, -0.2) is 61.6 Å². The van der Waals surface area contributed by atoms with Gasteiger partial charge in [-0.1, -0.05) is 20.8 Å². The Kier molecular flexibility index (Phi) is 7.87. The van der Waals surface area contributed by atoms with Crippen LogP contribution in [0, 0.1) is 5.92 Å². The average Bonchev–Trinajstić information content (AvgIpc) is 2.46. The van der Waals surface area contributed by atoms with E-state index in [4.69, 9.17) is 0 Å². The van der Waals surface area contributed by atoms with Crippen LogP contribution in [-0.2, 0) is 9.84 Å². The van der Waals surface area contributed by atoms with E-state index in [1.165, 1.54) is 0 Å². The predicted octanol–water partition coefficient (Wildman–Crippen LogP) is 1.82. The highest BCUT2D eigenvalue weighted by Crippen LogP contribution is 2.25. The summed E-state index contributed by atoms with van der Waals surface area (Å²) in [6.07, 6.45) is 1.13. The molecule has 0 saturated carbocycles. The third-order valence-electron chi connectivity index (χ3n) is 4.18. The summed E-state index contributed by atoms with van der Waals surface area (Å²) in [6, 6.07) is 0.298. The second-order valence-electron chi connectivity index (χ2n) is 5.64. The van der Waals surface area contributed by atoms with E-state index in [1.807, 2.05) is 0 Å². The van der Waals surface area contributed by atoms with E-state index in [-0.39, 0.29) is 11.1 Å². The van der Waals surface area contributed by atoms with Crippen LogP contribution in [0.2, 0.25) is 0 Å². The highest BCUT2D eigenvalue weighted by Gasteiger charge is 2.36. The Labute approximate surface area is 129 Å². The second kappa shape index (κ2) is 8.61. The van der Waals surface area contributed by atoms with Gasteiger partial charge >= 0.3 is 0 Å². The van der Waals surface area contributed by atoms with E-state index in [2.05, 4.69) is 31.0 Å². The van der Waals surface area contributed by atoms with Crippen LogP contribution in [0.3, 0.4) is 0 Å². The molecule has 1 aliphatic heterocycles. The zero-order valence-electron chi connectivity index (χ0n) is 13.3. The molecular weight excluding hydrogens is 292 g/mol. The van der Waals surface area contributed by atoms with Crippen molar-refractivity contribution >= 4 is 21.6 Å². The molecule has 0 aromatic carbocycles. The quantitative estimate of drug-likeness (QED) is 0.691. The first-order chi connectivity index (χ1) is 9.44. The van der Waals surface area contributed by atoms with E-state index in [9.17, 15) is 8.42 Å². The third-order valence-corrected chi connectivity index (χ3v) is 7.49. The normalized spacial score (nSPS) is 24.5. The maximum Gasteiger partial charge on any atom is 0.166 e. The summed E-state index contributed by atoms with van der Waals surface area (Å²) < 4.78 is 24.6. The molecule has 0 aromatic rings. The lowest BCUT2D eigenvalue weighted by Crippen LogP contribution is -2.54. The molecular formula is C14H30N2O2S2. The molecule has 0 bridgehead atoms. The van der Waals surface area contributed by atoms with Crippen molar-refractivity contribution in [2.45, 2.75) is 45.5 Å². The molecule has 0 spiro atoms. The lowest BCUT2D eigenvalue weighted by atomic mass is 10.0. The Hall–Kier alpha value is 0.220. The summed E-state index contributed by atoms with van der Waals surface area (Å²) in [4.78, 5) is 2.22. The van der Waals surface area contributed by atoms with Gasteiger partial charge in [0, 0.05) is 29.8 Å². The van der Waals surface area contributed by atoms with Crippen LogP contribution < -0.4 is 5.32 Å². The van der Waals surface area contributed by atoms with Crippen molar-refractivity contribution in [1.29, 1.82) is 0 Å². The topological polar surface area (TPSA) is 49.4 Å². The van der Waals surface area contributed by atoms with E-state index < -0.39 is 9.84 Å². The fourth-order valence-electron chi connectivity index (χ4n) is 2.57. The number of sulfone groups is 1. The minimum absolute atomic E-state index is 0.240. The monoisotopic (exact) mass is 322 g/mol. The maximum absolute atomic E-state index is 12.3. The predicted molar refractivity (Wildman–Crippen MR) is 89.1 cm³/mol. The number of rotatable bonds is 8. The number of hydrogen-bond donors (Lipinski definition) is 1. The first-order valence-electron chi connectivity index (χ1n) is 7.69. The Balaban J connectivity index is 2.69. The summed E-state index contributed by atoms with van der Waals surface area (Å²) in [5.41, 5.74) is 0. The van der Waals surface area contributed by atoms with Crippen molar-refractivity contribution in [3.63, 3.8) is 0 Å². The molecule has 4 nitrogen and oxygen atoms in total. The molecule has 120 valence electrons. The Morgan fingerprint density at radius 3 is 2.65 bits per heavy atom. The summed E-state index contributed by atoms with van der Waals surface area (Å²) in [5.74, 6) is 2.45. The molecule has 0 aliphatic carbocycles. The van der Waals surface area contributed by atoms with Gasteiger partial charge in [-0.15, -0.1) is 0 Å². The number of thioether (sulfide) groups is 1. The van der Waals surface area contributed by atoms with Gasteiger partial charge in [-0.05, 0) is 32.4 Å². The largest absolute Gasteiger partial charge is 0.316 e. The molecule has 0 aromatic heterocycles. The van der Waals surface area contributed by atoms with Crippen LogP contribution in [0.25, 0.3) is 0 Å². The van der Waals surface area contributed by atoms with Gasteiger partial charge in [0.2, 0.25) is 0 Å². The third kappa shape index (κ3) is 4.90. The standard InChI is InChI=1S/C14H30N2O2S2/c1-5-7-15-10-12(3)13(4)16-8-9-19-11-14(16)20(17,18)6-2/h12-15H,5-11H2,1-4H3. The summed E-state index contributed by atoms with van der Waals surface area (Å²) >= 11 is 1.76. The van der Waals surface area contributed by atoms with E-state index in [0.29, 0.717) is 12.0 Å². The van der Waals surface area contributed by atoms with Gasteiger partial charge < -0.3 is 5.32 Å². The molecule has 1 fully saturated rings. The molecule has 1 N–H and O–H groups in total. The van der Waals surface area contributed by atoms with Crippen molar-refractivity contribution in [2.24, 2.45) is 5.92 Å². The molecule has 0 radical (unpaired) electrons. The lowest BCUT2D eigenvalue weighted by Gasteiger charge is -2.41. The van der Waals surface area contributed by atoms with Gasteiger partial charge in [0.05, 0.1) is 0 Å². The van der Waals surface area contributed by atoms with Crippen LogP contribution in [0.15, 0.2) is 0 Å². The van der Waals surface area contributed by atoms with Gasteiger partial charge in [0.15, 0.2) is 9.84 Å². The summed E-state index contributed by atoms with van der Waals surface area (Å²) in [6.45, 7) is 11.2. The lowest BCUT2D eigenvalue weighted by molar-refractivity contribution is 0.155. The highest BCUT2D eigenvalue weighted by molar-refractivity contribution is 8.01. The fourth-order valence-corrected chi connectivity index (χ4v) is 5.68. The SMILES string of the molecule is CCCNCC(C)C(C)N1CCSCC1S(=O)(=O)CC. The fraction of sp³-hybridized carbons (Fsp3) is 1.00. The maximum atomic E-state index is 12.3. The zero-order chi connectivity index (χ0) is 15.2. The van der Waals surface area contributed by atoms with Gasteiger partial charge in [0.25, 0.3) is 0 Å². The first-order valence-corrected chi connectivity index (χ1v) is 10.6. The van der Waals surface area contributed by atoms with Crippen molar-refractivity contribution in [3.05, 3.63) is 0 Å². The Bertz CT molecular complexity index is 373. The number of nitrogens with zero attached hydrogens (tertiary/aromatic N) is 1. The summed E-state index contributed by atoms with van der Waals surface area (Å²) in [7, 11) is -2.99. The number of hydrogen-bond acceptors (Lipinski definition) is 5. The molecule has 1 rings (SSSR count). The van der Waals surface area contributed by atoms with E-state index >= 15 is 0 Å². The minimum atomic E-state index is -2.99. The van der Waals surface area contributed by atoms with Gasteiger partial charge in [-0.3, -0.25) is 4.90 Å². The molecule has 6 heteroatoms. The molecule has 0 amide bonds. The van der Waals surface area contributed by atoms with Crippen molar-refractivity contribution < 1.29 is 8.42 Å². The zero-order valence-corrected chi connectivity index (χ0v) is 14.9. The van der Waals surface area contributed by atoms with E-state index in [1.54, 1.807) is 18.7 Å². The summed E-state index contributed by atoms with van der Waals surface area (Å²) in [5, 5.41) is 3.14. The van der Waals surface area contributed by atoms with Crippen molar-refractivity contribution in [2.75, 3.05) is 36.9 Å². The molecule has 1 saturated heterocycles. The van der Waals surface area contributed by atoms with Crippen LogP contribution >= 0.6 is 11.8 Å².